The molecule has 0 radical (unpaired) electrons. The van der Waals surface area contributed by atoms with Crippen molar-refractivity contribution in [3.05, 3.63) is 27.7 Å². The second kappa shape index (κ2) is 6.87. The van der Waals surface area contributed by atoms with E-state index in [0.29, 0.717) is 32.4 Å². The van der Waals surface area contributed by atoms with Crippen LogP contribution in [0, 0.1) is 0 Å². The fraction of sp³-hybridized carbons (Fsp3) is 0.600. The molecule has 0 bridgehead atoms. The second-order valence-electron chi connectivity index (χ2n) is 5.30. The van der Waals surface area contributed by atoms with Crippen LogP contribution in [0.1, 0.15) is 24.0 Å². The summed E-state index contributed by atoms with van der Waals surface area (Å²) in [6.45, 7) is 1.24. The van der Waals surface area contributed by atoms with Crippen molar-refractivity contribution in [3.8, 4) is 5.75 Å². The number of hydrogen-bond donors (Lipinski definition) is 1. The van der Waals surface area contributed by atoms with Gasteiger partial charge < -0.3 is 15.2 Å². The Morgan fingerprint density at radius 2 is 2.30 bits per heavy atom. The van der Waals surface area contributed by atoms with Crippen molar-refractivity contribution in [1.29, 1.82) is 0 Å². The first-order valence-corrected chi connectivity index (χ1v) is 7.69. The van der Waals surface area contributed by atoms with E-state index in [1.165, 1.54) is 7.11 Å². The molecule has 3 nitrogen and oxygen atoms in total. The van der Waals surface area contributed by atoms with Crippen LogP contribution in [0.15, 0.2) is 16.6 Å². The molecule has 2 N–H and O–H groups in total. The Balaban J connectivity index is 2.22. The van der Waals surface area contributed by atoms with E-state index in [1.807, 2.05) is 12.1 Å². The SMILES string of the molecule is COCC(F)(CCCN)Cc1cc(Br)cc2c1OCC2. The van der Waals surface area contributed by atoms with Gasteiger partial charge in [-0.25, -0.2) is 4.39 Å². The van der Waals surface area contributed by atoms with Crippen molar-refractivity contribution >= 4 is 15.9 Å². The Morgan fingerprint density at radius 1 is 1.50 bits per heavy atom. The summed E-state index contributed by atoms with van der Waals surface area (Å²) >= 11 is 3.49. The van der Waals surface area contributed by atoms with Crippen LogP contribution < -0.4 is 10.5 Å². The third-order valence-corrected chi connectivity index (χ3v) is 4.02. The number of benzene rings is 1. The van der Waals surface area contributed by atoms with Crippen molar-refractivity contribution in [3.63, 3.8) is 0 Å². The summed E-state index contributed by atoms with van der Waals surface area (Å²) in [6.07, 6.45) is 2.23. The van der Waals surface area contributed by atoms with Gasteiger partial charge in [-0.1, -0.05) is 15.9 Å². The number of methoxy groups -OCH3 is 1. The zero-order valence-corrected chi connectivity index (χ0v) is 13.3. The van der Waals surface area contributed by atoms with Crippen LogP contribution in [0.2, 0.25) is 0 Å². The number of hydrogen-bond acceptors (Lipinski definition) is 3. The van der Waals surface area contributed by atoms with Crippen LogP contribution in [0.4, 0.5) is 4.39 Å². The minimum Gasteiger partial charge on any atom is -0.493 e. The number of fused-ring (bicyclic) bond motifs is 1. The molecule has 1 aromatic carbocycles. The first kappa shape index (κ1) is 15.7. The van der Waals surface area contributed by atoms with Gasteiger partial charge in [-0.05, 0) is 42.6 Å². The Kier molecular flexibility index (Phi) is 5.41. The summed E-state index contributed by atoms with van der Waals surface area (Å²) in [5.74, 6) is 0.846. The highest BCUT2D eigenvalue weighted by Crippen LogP contribution is 2.36. The molecule has 112 valence electrons. The quantitative estimate of drug-likeness (QED) is 0.826. The normalized spacial score (nSPS) is 16.6. The highest BCUT2D eigenvalue weighted by Gasteiger charge is 2.32. The van der Waals surface area contributed by atoms with Gasteiger partial charge in [0.25, 0.3) is 0 Å². The van der Waals surface area contributed by atoms with Gasteiger partial charge >= 0.3 is 0 Å². The minimum absolute atomic E-state index is 0.0777. The molecule has 0 aromatic heterocycles. The van der Waals surface area contributed by atoms with E-state index in [2.05, 4.69) is 15.9 Å². The molecule has 1 aromatic rings. The molecule has 1 aliphatic rings. The van der Waals surface area contributed by atoms with Crippen molar-refractivity contribution in [2.45, 2.75) is 31.4 Å². The van der Waals surface area contributed by atoms with Crippen LogP contribution in [0.3, 0.4) is 0 Å². The average Bonchev–Trinajstić information content (AvgIpc) is 2.85. The molecule has 1 aliphatic heterocycles. The molecule has 0 saturated heterocycles. The van der Waals surface area contributed by atoms with Gasteiger partial charge in [0.1, 0.15) is 11.4 Å². The highest BCUT2D eigenvalue weighted by atomic mass is 79.9. The lowest BCUT2D eigenvalue weighted by atomic mass is 9.91. The summed E-state index contributed by atoms with van der Waals surface area (Å²) in [4.78, 5) is 0. The van der Waals surface area contributed by atoms with Gasteiger partial charge in [0, 0.05) is 24.4 Å². The third-order valence-electron chi connectivity index (χ3n) is 3.56. The number of halogens is 2. The van der Waals surface area contributed by atoms with Gasteiger partial charge in [-0.3, -0.25) is 0 Å². The number of nitrogens with two attached hydrogens (primary N) is 1. The van der Waals surface area contributed by atoms with Crippen LogP contribution in [0.5, 0.6) is 5.75 Å². The van der Waals surface area contributed by atoms with Gasteiger partial charge in [-0.15, -0.1) is 0 Å². The van der Waals surface area contributed by atoms with E-state index >= 15 is 4.39 Å². The molecule has 0 aliphatic carbocycles. The number of rotatable bonds is 7. The lowest BCUT2D eigenvalue weighted by molar-refractivity contribution is 0.0330. The van der Waals surface area contributed by atoms with Crippen LogP contribution >= 0.6 is 15.9 Å². The molecular formula is C15H21BrFNO2. The predicted molar refractivity (Wildman–Crippen MR) is 81.0 cm³/mol. The van der Waals surface area contributed by atoms with Crippen molar-refractivity contribution in [2.24, 2.45) is 5.73 Å². The maximum absolute atomic E-state index is 15.0. The summed E-state index contributed by atoms with van der Waals surface area (Å²) in [5.41, 5.74) is 6.16. The van der Waals surface area contributed by atoms with E-state index in [1.54, 1.807) is 0 Å². The molecule has 1 unspecified atom stereocenters. The lowest BCUT2D eigenvalue weighted by Crippen LogP contribution is -2.32. The molecule has 0 fully saturated rings. The van der Waals surface area contributed by atoms with E-state index in [-0.39, 0.29) is 6.61 Å². The molecule has 1 heterocycles. The van der Waals surface area contributed by atoms with Crippen LogP contribution in [-0.4, -0.2) is 32.5 Å². The van der Waals surface area contributed by atoms with Crippen molar-refractivity contribution in [1.82, 2.24) is 0 Å². The first-order valence-electron chi connectivity index (χ1n) is 6.90. The van der Waals surface area contributed by atoms with E-state index in [9.17, 15) is 0 Å². The van der Waals surface area contributed by atoms with Gasteiger partial charge in [-0.2, -0.15) is 0 Å². The Hall–Kier alpha value is -0.650. The summed E-state index contributed by atoms with van der Waals surface area (Å²) in [7, 11) is 1.53. The molecule has 20 heavy (non-hydrogen) atoms. The largest absolute Gasteiger partial charge is 0.493 e. The molecular weight excluding hydrogens is 325 g/mol. The van der Waals surface area contributed by atoms with Crippen molar-refractivity contribution < 1.29 is 13.9 Å². The minimum atomic E-state index is -1.39. The third kappa shape index (κ3) is 3.71. The second-order valence-corrected chi connectivity index (χ2v) is 6.22. The zero-order chi connectivity index (χ0) is 14.6. The topological polar surface area (TPSA) is 44.5 Å². The Labute approximate surface area is 127 Å². The van der Waals surface area contributed by atoms with Gasteiger partial charge in [0.05, 0.1) is 13.2 Å². The smallest absolute Gasteiger partial charge is 0.138 e. The molecule has 0 saturated carbocycles. The predicted octanol–water partition coefficient (Wildman–Crippen LogP) is 3.02. The van der Waals surface area contributed by atoms with Gasteiger partial charge in [0.2, 0.25) is 0 Å². The standard InChI is InChI=1S/C15H21BrFNO2/c1-19-10-15(17,4-2-5-18)9-12-8-13(16)7-11-3-6-20-14(11)12/h7-8H,2-6,9-10,18H2,1H3. The lowest BCUT2D eigenvalue weighted by Gasteiger charge is -2.25. The molecule has 5 heteroatoms. The van der Waals surface area contributed by atoms with E-state index < -0.39 is 5.67 Å². The van der Waals surface area contributed by atoms with Crippen LogP contribution in [-0.2, 0) is 17.6 Å². The monoisotopic (exact) mass is 345 g/mol. The fourth-order valence-electron chi connectivity index (χ4n) is 2.71. The molecule has 0 spiro atoms. The maximum Gasteiger partial charge on any atom is 0.138 e. The maximum atomic E-state index is 15.0. The zero-order valence-electron chi connectivity index (χ0n) is 11.8. The number of ether oxygens (including phenoxy) is 2. The summed E-state index contributed by atoms with van der Waals surface area (Å²) in [6, 6.07) is 3.98. The average molecular weight is 346 g/mol. The molecule has 0 amide bonds. The Bertz CT molecular complexity index is 469. The van der Waals surface area contributed by atoms with Crippen LogP contribution in [0.25, 0.3) is 0 Å². The highest BCUT2D eigenvalue weighted by molar-refractivity contribution is 9.10. The summed E-state index contributed by atoms with van der Waals surface area (Å²) in [5, 5.41) is 0. The molecule has 1 atom stereocenters. The van der Waals surface area contributed by atoms with E-state index in [0.717, 1.165) is 27.8 Å². The molecule has 2 rings (SSSR count). The van der Waals surface area contributed by atoms with E-state index in [4.69, 9.17) is 15.2 Å². The Morgan fingerprint density at radius 3 is 3.00 bits per heavy atom. The summed E-state index contributed by atoms with van der Waals surface area (Å²) < 4.78 is 26.7. The van der Waals surface area contributed by atoms with Crippen molar-refractivity contribution in [2.75, 3.05) is 26.9 Å². The number of alkyl halides is 1. The first-order chi connectivity index (χ1) is 9.58. The van der Waals surface area contributed by atoms with Gasteiger partial charge in [0.15, 0.2) is 0 Å². The fourth-order valence-corrected chi connectivity index (χ4v) is 3.26.